The second-order valence-corrected chi connectivity index (χ2v) is 7.90. The van der Waals surface area contributed by atoms with E-state index < -0.39 is 0 Å². The first-order valence-electron chi connectivity index (χ1n) is 9.34. The van der Waals surface area contributed by atoms with Crippen LogP contribution < -0.4 is 11.0 Å². The lowest BCUT2D eigenvalue weighted by molar-refractivity contribution is 0.0954. The Morgan fingerprint density at radius 1 is 1.21 bits per heavy atom. The number of amides is 1. The van der Waals surface area contributed by atoms with Crippen molar-refractivity contribution in [1.29, 1.82) is 0 Å². The van der Waals surface area contributed by atoms with Crippen LogP contribution in [0.1, 0.15) is 44.9 Å². The van der Waals surface area contributed by atoms with Gasteiger partial charge in [0.2, 0.25) is 0 Å². The number of carbonyl (C=O) groups is 1. The molecule has 0 fully saturated rings. The molecule has 0 bridgehead atoms. The molecule has 0 atom stereocenters. The second-order valence-electron chi connectivity index (χ2n) is 6.93. The van der Waals surface area contributed by atoms with E-state index in [1.54, 1.807) is 20.7 Å². The number of fused-ring (bicyclic) bond motifs is 1. The zero-order valence-corrected chi connectivity index (χ0v) is 16.8. The zero-order chi connectivity index (χ0) is 19.7. The number of hydrogen-bond donors (Lipinski definition) is 1. The molecule has 0 aliphatic heterocycles. The number of aromatic nitrogens is 2. The Morgan fingerprint density at radius 2 is 1.96 bits per heavy atom. The van der Waals surface area contributed by atoms with Crippen LogP contribution in [0.25, 0.3) is 5.69 Å². The van der Waals surface area contributed by atoms with E-state index in [4.69, 9.17) is 0 Å². The second kappa shape index (κ2) is 7.59. The van der Waals surface area contributed by atoms with Gasteiger partial charge >= 0.3 is 0 Å². The number of thiophene rings is 1. The molecule has 6 nitrogen and oxygen atoms in total. The summed E-state index contributed by atoms with van der Waals surface area (Å²) < 4.78 is 3.38. The van der Waals surface area contributed by atoms with Gasteiger partial charge in [-0.2, -0.15) is 5.10 Å². The van der Waals surface area contributed by atoms with Crippen LogP contribution in [-0.2, 0) is 19.9 Å². The normalized spacial score (nSPS) is 13.6. The van der Waals surface area contributed by atoms with Crippen molar-refractivity contribution in [2.75, 3.05) is 0 Å². The maximum absolute atomic E-state index is 12.8. The summed E-state index contributed by atoms with van der Waals surface area (Å²) in [6.45, 7) is 1.86. The lowest BCUT2D eigenvalue weighted by atomic mass is 9.96. The van der Waals surface area contributed by atoms with Crippen molar-refractivity contribution in [2.24, 2.45) is 12.1 Å². The summed E-state index contributed by atoms with van der Waals surface area (Å²) in [6, 6.07) is 9.44. The highest BCUT2D eigenvalue weighted by molar-refractivity contribution is 7.10. The molecular weight excluding hydrogens is 372 g/mol. The predicted molar refractivity (Wildman–Crippen MR) is 112 cm³/mol. The van der Waals surface area contributed by atoms with E-state index in [9.17, 15) is 9.59 Å². The molecule has 0 unspecified atom stereocenters. The third kappa shape index (κ3) is 3.22. The molecule has 1 amide bonds. The van der Waals surface area contributed by atoms with E-state index in [0.717, 1.165) is 36.2 Å². The van der Waals surface area contributed by atoms with E-state index in [-0.39, 0.29) is 11.5 Å². The molecule has 1 aromatic carbocycles. The fraction of sp³-hybridized carbons (Fsp3) is 0.286. The quantitative estimate of drug-likeness (QED) is 0.545. The molecular formula is C21H22N4O2S. The first kappa shape index (κ1) is 18.4. The molecule has 1 N–H and O–H groups in total. The molecule has 2 heterocycles. The molecule has 7 heteroatoms. The van der Waals surface area contributed by atoms with Gasteiger partial charge in [0.25, 0.3) is 11.5 Å². The molecule has 0 spiro atoms. The van der Waals surface area contributed by atoms with Gasteiger partial charge in [0, 0.05) is 23.0 Å². The first-order chi connectivity index (χ1) is 13.6. The summed E-state index contributed by atoms with van der Waals surface area (Å²) in [5.74, 6) is -0.215. The van der Waals surface area contributed by atoms with Gasteiger partial charge < -0.3 is 0 Å². The Bertz CT molecular complexity index is 1110. The third-order valence-corrected chi connectivity index (χ3v) is 6.35. The number of nitrogens with zero attached hydrogens (tertiary/aromatic N) is 3. The van der Waals surface area contributed by atoms with Crippen molar-refractivity contribution in [3.05, 3.63) is 73.3 Å². The lowest BCUT2D eigenvalue weighted by Crippen LogP contribution is -2.22. The molecule has 144 valence electrons. The van der Waals surface area contributed by atoms with Gasteiger partial charge in [0.1, 0.15) is 0 Å². The first-order valence-corrected chi connectivity index (χ1v) is 10.2. The highest BCUT2D eigenvalue weighted by Crippen LogP contribution is 2.30. The molecule has 2 aromatic heterocycles. The maximum Gasteiger partial charge on any atom is 0.280 e. The average molecular weight is 395 g/mol. The highest BCUT2D eigenvalue weighted by Gasteiger charge is 2.20. The number of hydrazone groups is 1. The summed E-state index contributed by atoms with van der Waals surface area (Å²) in [7, 11) is 1.83. The van der Waals surface area contributed by atoms with Crippen molar-refractivity contribution in [3.8, 4) is 5.69 Å². The minimum atomic E-state index is -0.215. The van der Waals surface area contributed by atoms with Crippen LogP contribution in [0.2, 0.25) is 0 Å². The number of hydrogen-bond acceptors (Lipinski definition) is 4. The Kier molecular flexibility index (Phi) is 5.00. The monoisotopic (exact) mass is 394 g/mol. The Morgan fingerprint density at radius 3 is 2.75 bits per heavy atom. The molecule has 0 saturated carbocycles. The molecule has 0 radical (unpaired) electrons. The smallest absolute Gasteiger partial charge is 0.280 e. The molecule has 28 heavy (non-hydrogen) atoms. The minimum Gasteiger partial charge on any atom is -0.285 e. The van der Waals surface area contributed by atoms with Crippen LogP contribution in [0, 0.1) is 6.92 Å². The van der Waals surface area contributed by atoms with Crippen LogP contribution in [0.15, 0.2) is 45.6 Å². The summed E-state index contributed by atoms with van der Waals surface area (Å²) >= 11 is 1.65. The van der Waals surface area contributed by atoms with Crippen molar-refractivity contribution in [2.45, 2.75) is 32.6 Å². The van der Waals surface area contributed by atoms with Crippen molar-refractivity contribution >= 4 is 23.5 Å². The van der Waals surface area contributed by atoms with Crippen LogP contribution >= 0.6 is 11.3 Å². The molecule has 4 rings (SSSR count). The van der Waals surface area contributed by atoms with Crippen molar-refractivity contribution in [1.82, 2.24) is 14.8 Å². The fourth-order valence-corrected chi connectivity index (χ4v) is 4.76. The molecule has 1 aliphatic carbocycles. The van der Waals surface area contributed by atoms with Crippen LogP contribution in [0.4, 0.5) is 0 Å². The van der Waals surface area contributed by atoms with Crippen molar-refractivity contribution < 1.29 is 4.79 Å². The third-order valence-electron chi connectivity index (χ3n) is 5.26. The number of aryl methyl sites for hydroxylation is 1. The molecule has 1 aliphatic rings. The number of para-hydroxylation sites is 1. The topological polar surface area (TPSA) is 68.4 Å². The highest BCUT2D eigenvalue weighted by atomic mass is 32.1. The van der Waals surface area contributed by atoms with Gasteiger partial charge in [-0.05, 0) is 50.3 Å². The number of carbonyl (C=O) groups excluding carboxylic acids is 1. The van der Waals surface area contributed by atoms with E-state index in [0.29, 0.717) is 11.1 Å². The number of rotatable bonds is 4. The van der Waals surface area contributed by atoms with E-state index in [2.05, 4.69) is 10.5 Å². The van der Waals surface area contributed by atoms with E-state index in [1.807, 2.05) is 49.7 Å². The Balaban J connectivity index is 1.57. The van der Waals surface area contributed by atoms with Crippen LogP contribution in [-0.4, -0.2) is 21.5 Å². The lowest BCUT2D eigenvalue weighted by Gasteiger charge is -2.11. The van der Waals surface area contributed by atoms with E-state index >= 15 is 0 Å². The van der Waals surface area contributed by atoms with Gasteiger partial charge in [0.05, 0.1) is 23.0 Å². The largest absolute Gasteiger partial charge is 0.285 e. The summed E-state index contributed by atoms with van der Waals surface area (Å²) in [5, 5.41) is 5.98. The van der Waals surface area contributed by atoms with Crippen LogP contribution in [0.5, 0.6) is 0 Å². The number of benzene rings is 1. The average Bonchev–Trinajstić information content (AvgIpc) is 3.23. The SMILES string of the molecule is Cc1c(/C=N/NC(=O)c2csc3c2CCCC3)c(=O)n(-c2ccccc2)n1C. The van der Waals surface area contributed by atoms with Gasteiger partial charge in [-0.25, -0.2) is 10.1 Å². The molecule has 3 aromatic rings. The maximum atomic E-state index is 12.8. The fourth-order valence-electron chi connectivity index (χ4n) is 3.64. The standard InChI is InChI=1S/C21H22N4O2S/c1-14-17(21(27)25(24(14)2)15-8-4-3-5-9-15)12-22-23-20(26)18-13-28-19-11-7-6-10-16(18)19/h3-5,8-9,12-13H,6-7,10-11H2,1-2H3,(H,23,26)/b22-12+. The van der Waals surface area contributed by atoms with E-state index in [1.165, 1.54) is 17.5 Å². The summed E-state index contributed by atoms with van der Waals surface area (Å²) in [5.41, 5.74) is 6.31. The van der Waals surface area contributed by atoms with Gasteiger partial charge in [-0.1, -0.05) is 18.2 Å². The Labute approximate surface area is 167 Å². The van der Waals surface area contributed by atoms with Crippen LogP contribution in [0.3, 0.4) is 0 Å². The minimum absolute atomic E-state index is 0.169. The van der Waals surface area contributed by atoms with Crippen molar-refractivity contribution in [3.63, 3.8) is 0 Å². The predicted octanol–water partition coefficient (Wildman–Crippen LogP) is 3.19. The summed E-state index contributed by atoms with van der Waals surface area (Å²) in [4.78, 5) is 26.7. The van der Waals surface area contributed by atoms with Gasteiger partial charge in [-0.15, -0.1) is 11.3 Å². The molecule has 0 saturated heterocycles. The van der Waals surface area contributed by atoms with Gasteiger partial charge in [0.15, 0.2) is 0 Å². The van der Waals surface area contributed by atoms with Gasteiger partial charge in [-0.3, -0.25) is 14.3 Å². The Hall–Kier alpha value is -2.93. The zero-order valence-electron chi connectivity index (χ0n) is 15.9. The number of nitrogens with one attached hydrogen (secondary N) is 1. The summed E-state index contributed by atoms with van der Waals surface area (Å²) in [6.07, 6.45) is 5.75.